The Balaban J connectivity index is 1.55. The Kier molecular flexibility index (Phi) is 7.81. The highest BCUT2D eigenvalue weighted by Crippen LogP contribution is 2.38. The number of carbonyl (C=O) groups excluding carboxylic acids is 2. The highest BCUT2D eigenvalue weighted by molar-refractivity contribution is 6.63. The standard InChI is InChI=1S/C27H39BN4O6/c1-16(2)22(31-25(34)36-8)24(33)32-13-9-10-20(32)23-29-15-19(30-23)17-11-12-18(21(14-17)35-7)28-37-26(3,4)27(5,6)38-28/h11-12,14-16,20,22H,9-10,13H2,1-8H3,(H,29,30)(H,31,34)/t20-,22?/m0/s1. The Labute approximate surface area is 224 Å². The van der Waals surface area contributed by atoms with E-state index >= 15 is 0 Å². The number of amides is 2. The van der Waals surface area contributed by atoms with Crippen LogP contribution in [0, 0.1) is 5.92 Å². The molecule has 0 aliphatic carbocycles. The lowest BCUT2D eigenvalue weighted by atomic mass is 9.78. The van der Waals surface area contributed by atoms with E-state index in [1.54, 1.807) is 18.2 Å². The molecular weight excluding hydrogens is 487 g/mol. The smallest absolute Gasteiger partial charge is 0.497 e. The number of imidazole rings is 1. The summed E-state index contributed by atoms with van der Waals surface area (Å²) in [5, 5.41) is 2.68. The minimum atomic E-state index is -0.677. The Morgan fingerprint density at radius 2 is 1.87 bits per heavy atom. The topological polar surface area (TPSA) is 115 Å². The Morgan fingerprint density at radius 3 is 2.47 bits per heavy atom. The third kappa shape index (κ3) is 5.26. The lowest BCUT2D eigenvalue weighted by Gasteiger charge is -2.32. The number of aromatic amines is 1. The molecule has 0 spiro atoms. The highest BCUT2D eigenvalue weighted by Gasteiger charge is 2.52. The molecule has 4 rings (SSSR count). The monoisotopic (exact) mass is 526 g/mol. The van der Waals surface area contributed by atoms with Crippen LogP contribution in [0.25, 0.3) is 11.3 Å². The van der Waals surface area contributed by atoms with Gasteiger partial charge in [-0.1, -0.05) is 26.0 Å². The molecule has 11 heteroatoms. The normalized spacial score (nSPS) is 21.0. The van der Waals surface area contributed by atoms with Crippen LogP contribution in [0.5, 0.6) is 5.75 Å². The molecule has 2 fully saturated rings. The summed E-state index contributed by atoms with van der Waals surface area (Å²) in [5.41, 5.74) is 1.62. The molecule has 1 unspecified atom stereocenters. The first-order valence-electron chi connectivity index (χ1n) is 13.1. The predicted molar refractivity (Wildman–Crippen MR) is 144 cm³/mol. The number of likely N-dealkylation sites (tertiary alicyclic amines) is 1. The van der Waals surface area contributed by atoms with Gasteiger partial charge in [-0.15, -0.1) is 0 Å². The van der Waals surface area contributed by atoms with Gasteiger partial charge in [0.2, 0.25) is 5.91 Å². The van der Waals surface area contributed by atoms with Gasteiger partial charge in [-0.25, -0.2) is 9.78 Å². The number of carbonyl (C=O) groups is 2. The van der Waals surface area contributed by atoms with Crippen molar-refractivity contribution in [2.45, 2.75) is 77.7 Å². The van der Waals surface area contributed by atoms with E-state index in [1.807, 2.05) is 59.7 Å². The third-order valence-corrected chi connectivity index (χ3v) is 7.89. The van der Waals surface area contributed by atoms with E-state index in [2.05, 4.69) is 15.3 Å². The Bertz CT molecular complexity index is 1160. The number of hydrogen-bond donors (Lipinski definition) is 2. The van der Waals surface area contributed by atoms with Gasteiger partial charge in [-0.3, -0.25) is 4.79 Å². The average Bonchev–Trinajstić information content (AvgIpc) is 3.59. The van der Waals surface area contributed by atoms with Gasteiger partial charge in [0.1, 0.15) is 17.6 Å². The van der Waals surface area contributed by atoms with E-state index in [-0.39, 0.29) is 17.9 Å². The molecule has 2 N–H and O–H groups in total. The zero-order chi connectivity index (χ0) is 27.8. The molecule has 2 aliphatic rings. The maximum atomic E-state index is 13.4. The molecule has 10 nitrogen and oxygen atoms in total. The van der Waals surface area contributed by atoms with Gasteiger partial charge < -0.3 is 34.0 Å². The predicted octanol–water partition coefficient (Wildman–Crippen LogP) is 3.43. The number of aromatic nitrogens is 2. The maximum Gasteiger partial charge on any atom is 0.498 e. The van der Waals surface area contributed by atoms with Crippen LogP contribution in [0.15, 0.2) is 24.4 Å². The summed E-state index contributed by atoms with van der Waals surface area (Å²) in [6, 6.07) is 4.98. The summed E-state index contributed by atoms with van der Waals surface area (Å²) >= 11 is 0. The molecular formula is C27H39BN4O6. The quantitative estimate of drug-likeness (QED) is 0.532. The number of methoxy groups -OCH3 is 2. The summed E-state index contributed by atoms with van der Waals surface area (Å²) in [4.78, 5) is 35.1. The van der Waals surface area contributed by atoms with Crippen LogP contribution in [-0.2, 0) is 18.8 Å². The molecule has 0 radical (unpaired) electrons. The molecule has 2 saturated heterocycles. The van der Waals surface area contributed by atoms with Crippen molar-refractivity contribution in [1.82, 2.24) is 20.2 Å². The average molecular weight is 526 g/mol. The van der Waals surface area contributed by atoms with Crippen LogP contribution in [0.4, 0.5) is 4.79 Å². The molecule has 3 heterocycles. The van der Waals surface area contributed by atoms with Crippen LogP contribution < -0.4 is 15.5 Å². The van der Waals surface area contributed by atoms with E-state index in [0.29, 0.717) is 18.1 Å². The minimum absolute atomic E-state index is 0.0926. The van der Waals surface area contributed by atoms with Crippen molar-refractivity contribution in [2.24, 2.45) is 5.92 Å². The summed E-state index contributed by atoms with van der Waals surface area (Å²) in [5.74, 6) is 1.13. The zero-order valence-corrected chi connectivity index (χ0v) is 23.6. The van der Waals surface area contributed by atoms with Crippen LogP contribution in [0.2, 0.25) is 0 Å². The van der Waals surface area contributed by atoms with E-state index in [1.165, 1.54) is 7.11 Å². The first kappa shape index (κ1) is 28.0. The van der Waals surface area contributed by atoms with Gasteiger partial charge in [0.15, 0.2) is 0 Å². The van der Waals surface area contributed by atoms with Crippen molar-refractivity contribution < 1.29 is 28.4 Å². The number of alkyl carbamates (subject to hydrolysis) is 1. The van der Waals surface area contributed by atoms with E-state index in [4.69, 9.17) is 18.8 Å². The molecule has 2 aliphatic heterocycles. The summed E-state index contributed by atoms with van der Waals surface area (Å²) in [6.07, 6.45) is 2.79. The van der Waals surface area contributed by atoms with Crippen LogP contribution in [0.1, 0.15) is 66.3 Å². The number of nitrogens with zero attached hydrogens (tertiary/aromatic N) is 2. The summed E-state index contributed by atoms with van der Waals surface area (Å²) in [7, 11) is 2.38. The number of ether oxygens (including phenoxy) is 2. The molecule has 2 amide bonds. The number of nitrogens with one attached hydrogen (secondary N) is 2. The van der Waals surface area contributed by atoms with Gasteiger partial charge in [0.25, 0.3) is 0 Å². The van der Waals surface area contributed by atoms with Crippen molar-refractivity contribution in [3.63, 3.8) is 0 Å². The van der Waals surface area contributed by atoms with E-state index in [9.17, 15) is 9.59 Å². The zero-order valence-electron chi connectivity index (χ0n) is 23.6. The molecule has 1 aromatic heterocycles. The first-order chi connectivity index (χ1) is 17.9. The molecule has 0 bridgehead atoms. The van der Waals surface area contributed by atoms with E-state index in [0.717, 1.165) is 29.6 Å². The van der Waals surface area contributed by atoms with Crippen molar-refractivity contribution >= 4 is 24.6 Å². The van der Waals surface area contributed by atoms with Gasteiger partial charge in [-0.2, -0.15) is 0 Å². The van der Waals surface area contributed by atoms with Crippen LogP contribution in [0.3, 0.4) is 0 Å². The number of rotatable bonds is 7. The Morgan fingerprint density at radius 1 is 1.18 bits per heavy atom. The van der Waals surface area contributed by atoms with Crippen molar-refractivity contribution in [1.29, 1.82) is 0 Å². The van der Waals surface area contributed by atoms with Gasteiger partial charge in [0.05, 0.1) is 43.4 Å². The fourth-order valence-electron chi connectivity index (χ4n) is 4.89. The third-order valence-electron chi connectivity index (χ3n) is 7.89. The number of hydrogen-bond acceptors (Lipinski definition) is 7. The van der Waals surface area contributed by atoms with Crippen molar-refractivity contribution in [2.75, 3.05) is 20.8 Å². The minimum Gasteiger partial charge on any atom is -0.497 e. The first-order valence-corrected chi connectivity index (χ1v) is 13.1. The van der Waals surface area contributed by atoms with Crippen molar-refractivity contribution in [3.05, 3.63) is 30.2 Å². The van der Waals surface area contributed by atoms with E-state index < -0.39 is 30.5 Å². The SMILES string of the molecule is COC(=O)NC(C(=O)N1CCC[C@H]1c1ncc(-c2ccc(B3OC(C)(C)C(C)(C)O3)c(OC)c2)[nH]1)C(C)C. The molecule has 0 saturated carbocycles. The molecule has 2 aromatic rings. The number of benzene rings is 1. The molecule has 1 aromatic carbocycles. The lowest BCUT2D eigenvalue weighted by Crippen LogP contribution is -2.51. The summed E-state index contributed by atoms with van der Waals surface area (Å²) in [6.45, 7) is 12.5. The second-order valence-electron chi connectivity index (χ2n) is 11.3. The second-order valence-corrected chi connectivity index (χ2v) is 11.3. The largest absolute Gasteiger partial charge is 0.498 e. The van der Waals surface area contributed by atoms with Gasteiger partial charge in [-0.05, 0) is 52.5 Å². The van der Waals surface area contributed by atoms with Crippen LogP contribution in [-0.4, -0.2) is 72.0 Å². The van der Waals surface area contributed by atoms with Crippen molar-refractivity contribution in [3.8, 4) is 17.0 Å². The number of H-pyrrole nitrogens is 1. The Hall–Kier alpha value is -3.05. The second kappa shape index (κ2) is 10.6. The van der Waals surface area contributed by atoms with Gasteiger partial charge in [0, 0.05) is 17.6 Å². The van der Waals surface area contributed by atoms with Crippen LogP contribution >= 0.6 is 0 Å². The fourth-order valence-corrected chi connectivity index (χ4v) is 4.89. The molecule has 38 heavy (non-hydrogen) atoms. The van der Waals surface area contributed by atoms with Gasteiger partial charge >= 0.3 is 13.2 Å². The lowest BCUT2D eigenvalue weighted by molar-refractivity contribution is -0.135. The fraction of sp³-hybridized carbons (Fsp3) is 0.593. The highest BCUT2D eigenvalue weighted by atomic mass is 16.7. The maximum absolute atomic E-state index is 13.4. The summed E-state index contributed by atoms with van der Waals surface area (Å²) < 4.78 is 22.9. The molecule has 2 atom stereocenters. The molecule has 206 valence electrons.